The molecular formula is C108H128N20O8. The van der Waals surface area contributed by atoms with E-state index in [0.29, 0.717) is 156 Å². The summed E-state index contributed by atoms with van der Waals surface area (Å²) in [5.74, 6) is 0. The normalized spacial score (nSPS) is 10.6. The summed E-state index contributed by atoms with van der Waals surface area (Å²) < 4.78 is 0. The lowest BCUT2D eigenvalue weighted by molar-refractivity contribution is 0.280. The fourth-order valence-electron chi connectivity index (χ4n) is 16.5. The van der Waals surface area contributed by atoms with Crippen LogP contribution < -0.4 is 58.8 Å². The Morgan fingerprint density at radius 3 is 0.294 bits per heavy atom. The molecule has 0 saturated carbocycles. The van der Waals surface area contributed by atoms with E-state index in [0.717, 1.165) is 165 Å². The van der Waals surface area contributed by atoms with E-state index < -0.39 is 0 Å². The number of nitrogens with zero attached hydrogens (tertiary/aromatic N) is 20. The van der Waals surface area contributed by atoms with Crippen molar-refractivity contribution in [2.24, 2.45) is 0 Å². The zero-order valence-corrected chi connectivity index (χ0v) is 77.9. The number of nitriles is 8. The van der Waals surface area contributed by atoms with Gasteiger partial charge in [-0.25, -0.2) is 0 Å². The zero-order chi connectivity index (χ0) is 96.7. The van der Waals surface area contributed by atoms with E-state index in [9.17, 15) is 82.9 Å². The molecule has 0 aliphatic rings. The Hall–Kier alpha value is -14.6. The third-order valence-corrected chi connectivity index (χ3v) is 23.2. The van der Waals surface area contributed by atoms with Crippen molar-refractivity contribution in [3.05, 3.63) is 243 Å². The average molecular weight is 1830 g/mol. The van der Waals surface area contributed by atoms with E-state index in [1.165, 1.54) is 0 Å². The van der Waals surface area contributed by atoms with Crippen LogP contribution in [0.25, 0.3) is 0 Å². The summed E-state index contributed by atoms with van der Waals surface area (Å²) in [7, 11) is 0. The van der Waals surface area contributed by atoms with Crippen molar-refractivity contribution in [1.82, 2.24) is 0 Å². The fourth-order valence-corrected chi connectivity index (χ4v) is 16.5. The maximum atomic E-state index is 9.64. The molecule has 28 heteroatoms. The molecule has 8 N–H and O–H groups in total. The van der Waals surface area contributed by atoms with Crippen LogP contribution in [-0.4, -0.2) is 198 Å². The smallest absolute Gasteiger partial charge is 0.0622 e. The quantitative estimate of drug-likeness (QED) is 0.0164. The highest BCUT2D eigenvalue weighted by Crippen LogP contribution is 2.45. The third-order valence-electron chi connectivity index (χ3n) is 23.2. The number of aliphatic hydroxyl groups is 8. The highest BCUT2D eigenvalue weighted by atomic mass is 16.3. The molecule has 0 unspecified atom stereocenters. The average Bonchev–Trinajstić information content (AvgIpc) is 0.787. The topological polar surface area (TPSA) is 391 Å². The van der Waals surface area contributed by atoms with Crippen LogP contribution in [0.5, 0.6) is 0 Å². The second-order valence-electron chi connectivity index (χ2n) is 32.3. The molecule has 0 atom stereocenters. The van der Waals surface area contributed by atoms with Gasteiger partial charge in [-0.3, -0.25) is 0 Å². The SMILES string of the molecule is N#CCCCN(CCCC#N)c1ccc(N(c2ccc(N(CCCC#N)CCCC#N)cc2)c2ccc(N(c3ccc(N(CCCC#N)CCCC#N)cc3)c3ccc(N(CCCC#N)CCCC#N)cc3)cc2)cc1.OCCN(CCO)c1ccc(N(c2ccc(N(CCO)CCO)cc2)c2ccc(N(c3ccc(N(CCO)CCO)cc3)c3ccc(N(CCO)CCO)cc3)cc2)cc1. The Kier molecular flexibility index (Phi) is 46.2. The molecule has 708 valence electrons. The van der Waals surface area contributed by atoms with Crippen molar-refractivity contribution in [2.75, 3.05) is 216 Å². The van der Waals surface area contributed by atoms with Gasteiger partial charge in [-0.05, 0) is 294 Å². The predicted molar refractivity (Wildman–Crippen MR) is 545 cm³/mol. The Balaban J connectivity index is 0.000000313. The molecule has 0 spiro atoms. The molecule has 136 heavy (non-hydrogen) atoms. The highest BCUT2D eigenvalue weighted by Gasteiger charge is 2.24. The molecule has 0 amide bonds. The third kappa shape index (κ3) is 31.8. The van der Waals surface area contributed by atoms with Crippen molar-refractivity contribution in [3.63, 3.8) is 0 Å². The molecule has 28 nitrogen and oxygen atoms in total. The summed E-state index contributed by atoms with van der Waals surface area (Å²) in [6.45, 7) is 8.42. The Labute approximate surface area is 802 Å². The molecule has 0 radical (unpaired) electrons. The molecule has 0 heterocycles. The van der Waals surface area contributed by atoms with Crippen molar-refractivity contribution in [3.8, 4) is 48.6 Å². The Morgan fingerprint density at radius 2 is 0.213 bits per heavy atom. The Morgan fingerprint density at radius 1 is 0.132 bits per heavy atom. The molecule has 10 aromatic rings. The summed E-state index contributed by atoms with van der Waals surface area (Å²) in [5.41, 5.74) is 18.4. The summed E-state index contributed by atoms with van der Waals surface area (Å²) in [6, 6.07) is 100. The summed E-state index contributed by atoms with van der Waals surface area (Å²) in [4.78, 5) is 25.4. The number of rotatable bonds is 60. The number of benzene rings is 10. The van der Waals surface area contributed by atoms with Gasteiger partial charge in [-0.15, -0.1) is 0 Å². The standard InChI is InChI=1S/C62H68N14.C46H60N6O8/c63-37-1-9-45-71(46-10-2-38-64)53-17-25-57(26-18-53)75(58-27-19-54(20-28-58)72(47-11-3-39-65)48-12-4-40-66)61-33-35-62(36-34-61)76(59-29-21-55(22-30-59)73(49-13-5-41-67)50-14-6-42-68)60-31-23-56(24-32-60)74(51-15-7-43-69)52-16-8-44-70;53-29-21-47(22-30-54)37-1-9-41(10-2-37)51(42-11-3-38(4-12-42)48(23-31-55)24-32-56)45-17-19-46(20-18-45)52(43-13-5-39(6-14-43)49(25-33-57)26-34-58)44-15-7-40(8-16-44)50(27-35-59)28-36-60/h17-36H,1-16,45-52H2;1-20,53-60H,21-36H2. The van der Waals surface area contributed by atoms with E-state index in [1.54, 1.807) is 0 Å². The summed E-state index contributed by atoms with van der Waals surface area (Å²) in [5, 5.41) is 151. The number of unbranched alkanes of at least 4 members (excludes halogenated alkanes) is 8. The van der Waals surface area contributed by atoms with Crippen molar-refractivity contribution in [1.29, 1.82) is 42.1 Å². The Bertz CT molecular complexity index is 4720. The van der Waals surface area contributed by atoms with Gasteiger partial charge in [0, 0.05) is 270 Å². The summed E-state index contributed by atoms with van der Waals surface area (Å²) >= 11 is 0. The number of hydrogen-bond acceptors (Lipinski definition) is 28. The first-order valence-corrected chi connectivity index (χ1v) is 46.9. The molecular weight excluding hydrogens is 1710 g/mol. The molecule has 10 rings (SSSR count). The van der Waals surface area contributed by atoms with Crippen LogP contribution in [-0.2, 0) is 0 Å². The van der Waals surface area contributed by atoms with E-state index in [1.807, 2.05) is 117 Å². The molecule has 0 saturated heterocycles. The van der Waals surface area contributed by atoms with E-state index in [-0.39, 0.29) is 52.9 Å². The van der Waals surface area contributed by atoms with Crippen LogP contribution in [0.3, 0.4) is 0 Å². The van der Waals surface area contributed by atoms with Crippen LogP contribution in [0, 0.1) is 90.6 Å². The first-order valence-electron chi connectivity index (χ1n) is 46.9. The lowest BCUT2D eigenvalue weighted by Gasteiger charge is -2.31. The maximum Gasteiger partial charge on any atom is 0.0622 e. The lowest BCUT2D eigenvalue weighted by Crippen LogP contribution is -2.29. The molecule has 0 aliphatic heterocycles. The molecule has 0 aromatic heterocycles. The van der Waals surface area contributed by atoms with Gasteiger partial charge in [0.2, 0.25) is 0 Å². The van der Waals surface area contributed by atoms with Crippen LogP contribution in [0.4, 0.5) is 114 Å². The molecule has 0 aliphatic carbocycles. The minimum atomic E-state index is -0.0425. The van der Waals surface area contributed by atoms with Crippen molar-refractivity contribution >= 4 is 114 Å². The monoisotopic (exact) mass is 1830 g/mol. The van der Waals surface area contributed by atoms with Crippen LogP contribution >= 0.6 is 0 Å². The summed E-state index contributed by atoms with van der Waals surface area (Å²) in [6.07, 6.45) is 9.41. The zero-order valence-electron chi connectivity index (χ0n) is 77.9. The fraction of sp³-hybridized carbons (Fsp3) is 0.370. The number of aliphatic hydroxyl groups excluding tert-OH is 8. The molecule has 10 aromatic carbocycles. The van der Waals surface area contributed by atoms with Crippen molar-refractivity contribution < 1.29 is 40.9 Å². The van der Waals surface area contributed by atoms with Crippen LogP contribution in [0.15, 0.2) is 243 Å². The van der Waals surface area contributed by atoms with Gasteiger partial charge in [0.05, 0.1) is 101 Å². The molecule has 0 fully saturated rings. The van der Waals surface area contributed by atoms with Gasteiger partial charge in [-0.1, -0.05) is 0 Å². The first kappa shape index (κ1) is 105. The van der Waals surface area contributed by atoms with Crippen LogP contribution in [0.1, 0.15) is 103 Å². The second-order valence-corrected chi connectivity index (χ2v) is 32.3. The predicted octanol–water partition coefficient (Wildman–Crippen LogP) is 18.1. The largest absolute Gasteiger partial charge is 0.395 e. The maximum absolute atomic E-state index is 9.64. The van der Waals surface area contributed by atoms with E-state index in [2.05, 4.69) is 233 Å². The highest BCUT2D eigenvalue weighted by molar-refractivity contribution is 5.86. The minimum absolute atomic E-state index is 0.0425. The van der Waals surface area contributed by atoms with Gasteiger partial charge in [0.1, 0.15) is 0 Å². The van der Waals surface area contributed by atoms with Gasteiger partial charge in [0.25, 0.3) is 0 Å². The van der Waals surface area contributed by atoms with E-state index >= 15 is 0 Å². The first-order chi connectivity index (χ1) is 66.8. The van der Waals surface area contributed by atoms with E-state index in [4.69, 9.17) is 0 Å². The number of anilines is 20. The van der Waals surface area contributed by atoms with Gasteiger partial charge < -0.3 is 99.7 Å². The molecule has 0 bridgehead atoms. The second kappa shape index (κ2) is 59.8. The van der Waals surface area contributed by atoms with Crippen LogP contribution in [0.2, 0.25) is 0 Å². The van der Waals surface area contributed by atoms with Gasteiger partial charge >= 0.3 is 0 Å². The van der Waals surface area contributed by atoms with Gasteiger partial charge in [-0.2, -0.15) is 42.1 Å². The minimum Gasteiger partial charge on any atom is -0.395 e. The number of hydrogen-bond donors (Lipinski definition) is 8. The lowest BCUT2D eigenvalue weighted by atomic mass is 10.1. The van der Waals surface area contributed by atoms with Crippen molar-refractivity contribution in [2.45, 2.75) is 103 Å². The van der Waals surface area contributed by atoms with Gasteiger partial charge in [0.15, 0.2) is 0 Å².